The molecule has 0 spiro atoms. The van der Waals surface area contributed by atoms with E-state index in [1.54, 1.807) is 6.08 Å². The van der Waals surface area contributed by atoms with Crippen LogP contribution in [0.25, 0.3) is 0 Å². The van der Waals surface area contributed by atoms with Crippen LogP contribution in [0, 0.1) is 23.7 Å². The average Bonchev–Trinajstić information content (AvgIpc) is 2.22. The first-order valence-electron chi connectivity index (χ1n) is 6.19. The third-order valence-corrected chi connectivity index (χ3v) is 5.00. The average molecular weight is 222 g/mol. The molecule has 4 aliphatic rings. The van der Waals surface area contributed by atoms with Crippen molar-refractivity contribution in [2.24, 2.45) is 23.7 Å². The van der Waals surface area contributed by atoms with Gasteiger partial charge in [-0.2, -0.15) is 0 Å². The number of hydrogen-bond acceptors (Lipinski definition) is 2. The Kier molecular flexibility index (Phi) is 2.07. The largest absolute Gasteiger partial charge is 0.506 e. The first kappa shape index (κ1) is 10.2. The summed E-state index contributed by atoms with van der Waals surface area (Å²) in [5.41, 5.74) is -0.570. The van der Waals surface area contributed by atoms with Crippen LogP contribution in [0.1, 0.15) is 32.1 Å². The Morgan fingerprint density at radius 1 is 1.19 bits per heavy atom. The summed E-state index contributed by atoms with van der Waals surface area (Å²) in [5, 5.41) is 8.92. The van der Waals surface area contributed by atoms with Crippen molar-refractivity contribution in [2.45, 2.75) is 37.7 Å². The summed E-state index contributed by atoms with van der Waals surface area (Å²) in [6, 6.07) is 0. The van der Waals surface area contributed by atoms with Gasteiger partial charge in [-0.3, -0.25) is 0 Å². The predicted molar refractivity (Wildman–Crippen MR) is 59.1 cm³/mol. The molecule has 0 aromatic rings. The monoisotopic (exact) mass is 222 g/mol. The predicted octanol–water partition coefficient (Wildman–Crippen LogP) is 3.06. The molecule has 0 aliphatic heterocycles. The van der Waals surface area contributed by atoms with Crippen LogP contribution < -0.4 is 0 Å². The molecule has 16 heavy (non-hydrogen) atoms. The topological polar surface area (TPSA) is 46.5 Å². The van der Waals surface area contributed by atoms with Crippen LogP contribution in [0.5, 0.6) is 0 Å². The van der Waals surface area contributed by atoms with E-state index in [2.05, 4.69) is 6.58 Å². The number of rotatable bonds is 2. The molecule has 3 nitrogen and oxygen atoms in total. The molecule has 0 saturated heterocycles. The van der Waals surface area contributed by atoms with E-state index in [4.69, 9.17) is 9.84 Å². The molecule has 4 saturated carbocycles. The lowest BCUT2D eigenvalue weighted by atomic mass is 9.50. The van der Waals surface area contributed by atoms with E-state index in [0.717, 1.165) is 37.5 Å². The Hall–Kier alpha value is -0.990. The molecule has 0 radical (unpaired) electrons. The standard InChI is InChI=1S/C13H18O3/c1-2-13(16-12(14)15)10-4-8-3-9(6-10)7-11(13)5-8/h2,8-11H,1,3-7H2,(H,14,15). The van der Waals surface area contributed by atoms with E-state index in [-0.39, 0.29) is 0 Å². The van der Waals surface area contributed by atoms with Crippen molar-refractivity contribution in [1.82, 2.24) is 0 Å². The molecule has 4 fully saturated rings. The van der Waals surface area contributed by atoms with Crippen molar-refractivity contribution in [1.29, 1.82) is 0 Å². The molecule has 4 bridgehead atoms. The van der Waals surface area contributed by atoms with Crippen molar-refractivity contribution in [3.05, 3.63) is 12.7 Å². The number of carboxylic acid groups (broad SMARTS) is 1. The van der Waals surface area contributed by atoms with E-state index in [1.165, 1.54) is 6.42 Å². The third-order valence-electron chi connectivity index (χ3n) is 5.00. The highest BCUT2D eigenvalue weighted by Crippen LogP contribution is 2.59. The Bertz CT molecular complexity index is 306. The molecule has 4 rings (SSSR count). The molecule has 0 unspecified atom stereocenters. The number of ether oxygens (including phenoxy) is 1. The maximum Gasteiger partial charge on any atom is 0.506 e. The summed E-state index contributed by atoms with van der Waals surface area (Å²) in [5.74, 6) is 2.40. The van der Waals surface area contributed by atoms with Crippen LogP contribution >= 0.6 is 0 Å². The SMILES string of the molecule is C=CC1(OC(=O)O)C2CC3CC(C2)CC1C3. The van der Waals surface area contributed by atoms with Gasteiger partial charge < -0.3 is 9.84 Å². The summed E-state index contributed by atoms with van der Waals surface area (Å²) < 4.78 is 5.26. The zero-order chi connectivity index (χ0) is 11.3. The van der Waals surface area contributed by atoms with Crippen LogP contribution in [-0.2, 0) is 4.74 Å². The Labute approximate surface area is 95.5 Å². The quantitative estimate of drug-likeness (QED) is 0.577. The Morgan fingerprint density at radius 2 is 1.69 bits per heavy atom. The van der Waals surface area contributed by atoms with Crippen LogP contribution in [0.2, 0.25) is 0 Å². The Balaban J connectivity index is 1.93. The van der Waals surface area contributed by atoms with Gasteiger partial charge in [-0.25, -0.2) is 4.79 Å². The fourth-order valence-electron chi connectivity index (χ4n) is 4.61. The zero-order valence-corrected chi connectivity index (χ0v) is 9.39. The number of carbonyl (C=O) groups is 1. The molecule has 1 N–H and O–H groups in total. The fraction of sp³-hybridized carbons (Fsp3) is 0.769. The minimum Gasteiger partial charge on any atom is -0.450 e. The first-order valence-corrected chi connectivity index (χ1v) is 6.19. The van der Waals surface area contributed by atoms with Gasteiger partial charge in [0.1, 0.15) is 5.60 Å². The van der Waals surface area contributed by atoms with Crippen molar-refractivity contribution < 1.29 is 14.6 Å². The van der Waals surface area contributed by atoms with E-state index in [9.17, 15) is 4.79 Å². The molecule has 4 aliphatic carbocycles. The van der Waals surface area contributed by atoms with Gasteiger partial charge in [0.15, 0.2) is 0 Å². The molecular formula is C13H18O3. The lowest BCUT2D eigenvalue weighted by Crippen LogP contribution is -2.58. The summed E-state index contributed by atoms with van der Waals surface area (Å²) in [6.45, 7) is 3.84. The van der Waals surface area contributed by atoms with Gasteiger partial charge in [0.25, 0.3) is 0 Å². The molecule has 0 atom stereocenters. The molecule has 88 valence electrons. The van der Waals surface area contributed by atoms with Crippen LogP contribution in [0.4, 0.5) is 4.79 Å². The van der Waals surface area contributed by atoms with Crippen LogP contribution in [0.15, 0.2) is 12.7 Å². The highest BCUT2D eigenvalue weighted by molar-refractivity contribution is 5.58. The highest BCUT2D eigenvalue weighted by Gasteiger charge is 2.58. The maximum absolute atomic E-state index is 10.9. The normalized spacial score (nSPS) is 49.0. The molecular weight excluding hydrogens is 204 g/mol. The van der Waals surface area contributed by atoms with Crippen LogP contribution in [0.3, 0.4) is 0 Å². The van der Waals surface area contributed by atoms with Gasteiger partial charge in [-0.1, -0.05) is 6.58 Å². The third kappa shape index (κ3) is 1.23. The zero-order valence-electron chi connectivity index (χ0n) is 9.39. The minimum atomic E-state index is -1.15. The Morgan fingerprint density at radius 3 is 2.06 bits per heavy atom. The molecule has 0 aromatic heterocycles. The highest BCUT2D eigenvalue weighted by atomic mass is 16.7. The minimum absolute atomic E-state index is 0.386. The van der Waals surface area contributed by atoms with Gasteiger partial charge in [-0.05, 0) is 50.0 Å². The van der Waals surface area contributed by atoms with Gasteiger partial charge in [0.05, 0.1) is 0 Å². The smallest absolute Gasteiger partial charge is 0.450 e. The second kappa shape index (κ2) is 3.25. The lowest BCUT2D eigenvalue weighted by molar-refractivity contribution is -0.153. The molecule has 0 amide bonds. The molecule has 0 heterocycles. The number of hydrogen-bond donors (Lipinski definition) is 1. The molecule has 0 aromatic carbocycles. The fourth-order valence-corrected chi connectivity index (χ4v) is 4.61. The lowest BCUT2D eigenvalue weighted by Gasteiger charge is -2.58. The second-order valence-corrected chi connectivity index (χ2v) is 5.73. The van der Waals surface area contributed by atoms with E-state index >= 15 is 0 Å². The summed E-state index contributed by atoms with van der Waals surface area (Å²) in [4.78, 5) is 10.9. The summed E-state index contributed by atoms with van der Waals surface area (Å²) >= 11 is 0. The van der Waals surface area contributed by atoms with Crippen molar-refractivity contribution in [3.8, 4) is 0 Å². The van der Waals surface area contributed by atoms with Crippen molar-refractivity contribution >= 4 is 6.16 Å². The van der Waals surface area contributed by atoms with E-state index < -0.39 is 11.8 Å². The van der Waals surface area contributed by atoms with Crippen molar-refractivity contribution in [3.63, 3.8) is 0 Å². The van der Waals surface area contributed by atoms with E-state index in [1.807, 2.05) is 0 Å². The first-order chi connectivity index (χ1) is 7.64. The summed E-state index contributed by atoms with van der Waals surface area (Å²) in [6.07, 6.45) is 6.51. The van der Waals surface area contributed by atoms with Gasteiger partial charge >= 0.3 is 6.16 Å². The summed E-state index contributed by atoms with van der Waals surface area (Å²) in [7, 11) is 0. The second-order valence-electron chi connectivity index (χ2n) is 5.73. The van der Waals surface area contributed by atoms with Gasteiger partial charge in [0.2, 0.25) is 0 Å². The maximum atomic E-state index is 10.9. The van der Waals surface area contributed by atoms with Gasteiger partial charge in [0, 0.05) is 11.8 Å². The van der Waals surface area contributed by atoms with Gasteiger partial charge in [-0.15, -0.1) is 0 Å². The van der Waals surface area contributed by atoms with Crippen molar-refractivity contribution in [2.75, 3.05) is 0 Å². The van der Waals surface area contributed by atoms with Crippen LogP contribution in [-0.4, -0.2) is 16.9 Å². The van der Waals surface area contributed by atoms with E-state index in [0.29, 0.717) is 11.8 Å². The molecule has 3 heteroatoms.